The van der Waals surface area contributed by atoms with Gasteiger partial charge >= 0.3 is 5.97 Å². The Morgan fingerprint density at radius 2 is 1.92 bits per heavy atom. The lowest BCUT2D eigenvalue weighted by molar-refractivity contribution is -0.156. The number of hydrogen-bond acceptors (Lipinski definition) is 4. The maximum Gasteiger partial charge on any atom is 0.317 e. The van der Waals surface area contributed by atoms with Gasteiger partial charge in [-0.05, 0) is 48.7 Å². The van der Waals surface area contributed by atoms with Crippen LogP contribution < -0.4 is 5.32 Å². The van der Waals surface area contributed by atoms with Crippen LogP contribution in [0.2, 0.25) is 0 Å². The Hall–Kier alpha value is -3.20. The van der Waals surface area contributed by atoms with Gasteiger partial charge in [0.15, 0.2) is 6.61 Å². The molecule has 1 amide bonds. The van der Waals surface area contributed by atoms with Gasteiger partial charge in [0.25, 0.3) is 5.91 Å². The molecule has 0 bridgehead atoms. The molecule has 0 atom stereocenters. The molecule has 6 heteroatoms. The van der Waals surface area contributed by atoms with Crippen molar-refractivity contribution in [2.45, 2.75) is 24.7 Å². The summed E-state index contributed by atoms with van der Waals surface area (Å²) < 4.78 is 18.3. The number of nitrogens with zero attached hydrogens (tertiary/aromatic N) is 1. The summed E-state index contributed by atoms with van der Waals surface area (Å²) in [7, 11) is 0. The van der Waals surface area contributed by atoms with Crippen molar-refractivity contribution < 1.29 is 18.7 Å². The fraction of sp³-hybridized carbons (Fsp3) is 0.250. The third-order valence-electron chi connectivity index (χ3n) is 4.60. The molecule has 1 aliphatic carbocycles. The van der Waals surface area contributed by atoms with E-state index >= 15 is 0 Å². The number of esters is 1. The van der Waals surface area contributed by atoms with Crippen LogP contribution >= 0.6 is 0 Å². The number of nitrogens with one attached hydrogen (secondary N) is 1. The first-order valence-corrected chi connectivity index (χ1v) is 8.27. The van der Waals surface area contributed by atoms with Gasteiger partial charge in [-0.3, -0.25) is 9.59 Å². The molecule has 0 heterocycles. The van der Waals surface area contributed by atoms with Crippen LogP contribution in [0.15, 0.2) is 48.5 Å². The van der Waals surface area contributed by atoms with Crippen molar-refractivity contribution in [3.63, 3.8) is 0 Å². The summed E-state index contributed by atoms with van der Waals surface area (Å²) >= 11 is 0. The summed E-state index contributed by atoms with van der Waals surface area (Å²) in [5.74, 6) is -1.33. The molecule has 0 saturated heterocycles. The molecule has 3 rings (SSSR count). The molecule has 0 aliphatic heterocycles. The van der Waals surface area contributed by atoms with Crippen LogP contribution in [0.3, 0.4) is 0 Å². The van der Waals surface area contributed by atoms with Crippen molar-refractivity contribution in [3.05, 3.63) is 65.5 Å². The average Bonchev–Trinajstić information content (AvgIpc) is 2.61. The van der Waals surface area contributed by atoms with Crippen LogP contribution in [-0.2, 0) is 19.7 Å². The van der Waals surface area contributed by atoms with Gasteiger partial charge in [-0.15, -0.1) is 0 Å². The molecular weight excluding hydrogens is 335 g/mol. The summed E-state index contributed by atoms with van der Waals surface area (Å²) in [6.07, 6.45) is 2.10. The normalized spacial score (nSPS) is 14.6. The maximum absolute atomic E-state index is 13.1. The highest BCUT2D eigenvalue weighted by molar-refractivity contribution is 5.94. The summed E-state index contributed by atoms with van der Waals surface area (Å²) in [6.45, 7) is -0.418. The standard InChI is InChI=1S/C20H17FN2O3/c21-16-7-5-15(6-8-16)20(9-2-10-20)19(25)26-13-18(24)23-17-4-1-3-14(11-17)12-22/h1,3-8,11H,2,9-10,13H2,(H,23,24). The monoisotopic (exact) mass is 352 g/mol. The first kappa shape index (κ1) is 17.6. The van der Waals surface area contributed by atoms with E-state index in [1.807, 2.05) is 6.07 Å². The molecule has 0 spiro atoms. The Bertz CT molecular complexity index is 867. The van der Waals surface area contributed by atoms with Gasteiger partial charge in [-0.1, -0.05) is 24.6 Å². The molecular formula is C20H17FN2O3. The molecule has 26 heavy (non-hydrogen) atoms. The summed E-state index contributed by atoms with van der Waals surface area (Å²) in [5, 5.41) is 11.5. The zero-order chi connectivity index (χ0) is 18.6. The third kappa shape index (κ3) is 3.57. The predicted octanol–water partition coefficient (Wildman–Crippen LogP) is 3.30. The van der Waals surface area contributed by atoms with Crippen molar-refractivity contribution in [3.8, 4) is 6.07 Å². The lowest BCUT2D eigenvalue weighted by Gasteiger charge is -2.39. The maximum atomic E-state index is 13.1. The van der Waals surface area contributed by atoms with E-state index in [-0.39, 0.29) is 5.82 Å². The average molecular weight is 352 g/mol. The quantitative estimate of drug-likeness (QED) is 0.838. The molecule has 2 aromatic carbocycles. The zero-order valence-electron chi connectivity index (χ0n) is 14.0. The Balaban J connectivity index is 1.61. The SMILES string of the molecule is N#Cc1cccc(NC(=O)COC(=O)C2(c3ccc(F)cc3)CCC2)c1. The minimum atomic E-state index is -0.797. The number of amides is 1. The number of anilines is 1. The molecule has 2 aromatic rings. The fourth-order valence-electron chi connectivity index (χ4n) is 3.04. The van der Waals surface area contributed by atoms with Crippen molar-refractivity contribution in [1.82, 2.24) is 0 Å². The summed E-state index contributed by atoms with van der Waals surface area (Å²) in [4.78, 5) is 24.6. The van der Waals surface area contributed by atoms with Gasteiger partial charge in [0.05, 0.1) is 17.0 Å². The molecule has 1 fully saturated rings. The van der Waals surface area contributed by atoms with E-state index in [0.29, 0.717) is 29.7 Å². The van der Waals surface area contributed by atoms with Gasteiger partial charge < -0.3 is 10.1 Å². The van der Waals surface area contributed by atoms with Crippen LogP contribution in [-0.4, -0.2) is 18.5 Å². The molecule has 0 aromatic heterocycles. The van der Waals surface area contributed by atoms with Crippen molar-refractivity contribution in [2.75, 3.05) is 11.9 Å². The number of hydrogen-bond donors (Lipinski definition) is 1. The van der Waals surface area contributed by atoms with Crippen LogP contribution in [0, 0.1) is 17.1 Å². The number of carbonyl (C=O) groups is 2. The third-order valence-corrected chi connectivity index (χ3v) is 4.60. The number of carbonyl (C=O) groups excluding carboxylic acids is 2. The van der Waals surface area contributed by atoms with E-state index < -0.39 is 23.9 Å². The second-order valence-corrected chi connectivity index (χ2v) is 6.26. The molecule has 1 N–H and O–H groups in total. The van der Waals surface area contributed by atoms with Gasteiger partial charge in [0.1, 0.15) is 5.82 Å². The smallest absolute Gasteiger partial charge is 0.317 e. The number of benzene rings is 2. The first-order chi connectivity index (χ1) is 12.5. The van der Waals surface area contributed by atoms with Crippen LogP contribution in [0.4, 0.5) is 10.1 Å². The first-order valence-electron chi connectivity index (χ1n) is 8.27. The number of nitriles is 1. The Morgan fingerprint density at radius 3 is 2.54 bits per heavy atom. The Kier molecular flexibility index (Phi) is 4.99. The minimum Gasteiger partial charge on any atom is -0.455 e. The van der Waals surface area contributed by atoms with E-state index in [1.54, 1.807) is 30.3 Å². The van der Waals surface area contributed by atoms with Crippen LogP contribution in [0.5, 0.6) is 0 Å². The Morgan fingerprint density at radius 1 is 1.19 bits per heavy atom. The number of halogens is 1. The van der Waals surface area contributed by atoms with Gasteiger partial charge in [0, 0.05) is 5.69 Å². The van der Waals surface area contributed by atoms with Crippen LogP contribution in [0.25, 0.3) is 0 Å². The summed E-state index contributed by atoms with van der Waals surface area (Å²) in [5.41, 5.74) is 0.790. The van der Waals surface area contributed by atoms with E-state index in [1.165, 1.54) is 18.2 Å². The van der Waals surface area contributed by atoms with Crippen molar-refractivity contribution >= 4 is 17.6 Å². The predicted molar refractivity (Wildman–Crippen MR) is 92.7 cm³/mol. The van der Waals surface area contributed by atoms with Crippen molar-refractivity contribution in [2.24, 2.45) is 0 Å². The number of ether oxygens (including phenoxy) is 1. The molecule has 5 nitrogen and oxygen atoms in total. The van der Waals surface area contributed by atoms with Gasteiger partial charge in [0.2, 0.25) is 0 Å². The molecule has 1 saturated carbocycles. The van der Waals surface area contributed by atoms with E-state index in [0.717, 1.165) is 6.42 Å². The van der Waals surface area contributed by atoms with E-state index in [4.69, 9.17) is 10.00 Å². The molecule has 0 unspecified atom stereocenters. The molecule has 1 aliphatic rings. The topological polar surface area (TPSA) is 79.2 Å². The van der Waals surface area contributed by atoms with Crippen LogP contribution in [0.1, 0.15) is 30.4 Å². The zero-order valence-corrected chi connectivity index (χ0v) is 14.0. The Labute approximate surface area is 150 Å². The lowest BCUT2D eigenvalue weighted by atomic mass is 9.64. The molecule has 132 valence electrons. The van der Waals surface area contributed by atoms with E-state index in [9.17, 15) is 14.0 Å². The second kappa shape index (κ2) is 7.36. The highest BCUT2D eigenvalue weighted by Gasteiger charge is 2.47. The lowest BCUT2D eigenvalue weighted by Crippen LogP contribution is -2.44. The fourth-order valence-corrected chi connectivity index (χ4v) is 3.04. The van der Waals surface area contributed by atoms with E-state index in [2.05, 4.69) is 5.32 Å². The summed E-state index contributed by atoms with van der Waals surface area (Å²) in [6, 6.07) is 14.2. The largest absolute Gasteiger partial charge is 0.455 e. The van der Waals surface area contributed by atoms with Gasteiger partial charge in [-0.25, -0.2) is 4.39 Å². The highest BCUT2D eigenvalue weighted by Crippen LogP contribution is 2.44. The highest BCUT2D eigenvalue weighted by atomic mass is 19.1. The van der Waals surface area contributed by atoms with Crippen molar-refractivity contribution in [1.29, 1.82) is 5.26 Å². The second-order valence-electron chi connectivity index (χ2n) is 6.26. The minimum absolute atomic E-state index is 0.365. The van der Waals surface area contributed by atoms with Gasteiger partial charge in [-0.2, -0.15) is 5.26 Å². The number of rotatable bonds is 5. The molecule has 0 radical (unpaired) electrons.